The number of piperazine rings is 1. The number of carbonyl (C=O) groups is 1. The Kier molecular flexibility index (Phi) is 4.54. The first-order valence-corrected chi connectivity index (χ1v) is 10.3. The molecule has 0 N–H and O–H groups in total. The summed E-state index contributed by atoms with van der Waals surface area (Å²) in [5, 5.41) is 4.68. The summed E-state index contributed by atoms with van der Waals surface area (Å²) in [6, 6.07) is 6.56. The summed E-state index contributed by atoms with van der Waals surface area (Å²) in [4.78, 5) is 25.4. The summed E-state index contributed by atoms with van der Waals surface area (Å²) >= 11 is 0. The number of benzene rings is 1. The Labute approximate surface area is 170 Å². The number of fused-ring (bicyclic) bond motifs is 1. The Bertz CT molecular complexity index is 1050. The van der Waals surface area contributed by atoms with E-state index in [0.29, 0.717) is 6.04 Å². The number of hydrogen-bond donors (Lipinski definition) is 0. The lowest BCUT2D eigenvalue weighted by atomic mass is 9.81. The van der Waals surface area contributed by atoms with Crippen LogP contribution in [0.3, 0.4) is 0 Å². The molecule has 1 aliphatic carbocycles. The van der Waals surface area contributed by atoms with Crippen molar-refractivity contribution in [3.63, 3.8) is 0 Å². The third-order valence-corrected chi connectivity index (χ3v) is 6.30. The predicted octanol–water partition coefficient (Wildman–Crippen LogP) is 2.70. The number of aromatic nitrogens is 4. The van der Waals surface area contributed by atoms with Crippen molar-refractivity contribution < 1.29 is 4.79 Å². The average molecular weight is 390 g/mol. The van der Waals surface area contributed by atoms with Gasteiger partial charge in [-0.3, -0.25) is 9.67 Å². The normalized spacial score (nSPS) is 22.6. The first-order chi connectivity index (χ1) is 14.1. The van der Waals surface area contributed by atoms with Crippen molar-refractivity contribution in [2.45, 2.75) is 25.8 Å². The van der Waals surface area contributed by atoms with E-state index in [1.165, 1.54) is 0 Å². The molecule has 1 saturated carbocycles. The van der Waals surface area contributed by atoms with Crippen molar-refractivity contribution >= 4 is 23.0 Å². The average Bonchev–Trinajstić information content (AvgIpc) is 3.08. The largest absolute Gasteiger partial charge is 0.367 e. The Morgan fingerprint density at radius 1 is 1.14 bits per heavy atom. The van der Waals surface area contributed by atoms with E-state index in [1.54, 1.807) is 0 Å². The Balaban J connectivity index is 1.45. The van der Waals surface area contributed by atoms with Crippen LogP contribution in [0.4, 0.5) is 5.69 Å². The summed E-state index contributed by atoms with van der Waals surface area (Å²) in [7, 11) is 2.16. The van der Waals surface area contributed by atoms with Crippen LogP contribution in [0, 0.1) is 12.8 Å². The lowest BCUT2D eigenvalue weighted by molar-refractivity contribution is -0.114. The minimum absolute atomic E-state index is 0.182. The number of aryl methyl sites for hydroxylation is 1. The predicted molar refractivity (Wildman–Crippen MR) is 113 cm³/mol. The van der Waals surface area contributed by atoms with Gasteiger partial charge in [0, 0.05) is 43.9 Å². The molecule has 0 unspecified atom stereocenters. The molecule has 1 saturated heterocycles. The van der Waals surface area contributed by atoms with E-state index in [1.807, 2.05) is 23.9 Å². The second kappa shape index (κ2) is 7.22. The maximum absolute atomic E-state index is 10.9. The quantitative estimate of drug-likeness (QED) is 0.638. The van der Waals surface area contributed by atoms with Gasteiger partial charge < -0.3 is 14.6 Å². The van der Waals surface area contributed by atoms with Gasteiger partial charge in [-0.1, -0.05) is 6.07 Å². The van der Waals surface area contributed by atoms with Crippen LogP contribution in [0.5, 0.6) is 0 Å². The van der Waals surface area contributed by atoms with Crippen LogP contribution in [0.15, 0.2) is 30.6 Å². The molecule has 2 aliphatic rings. The SMILES string of the molecule is Cc1nn(C2CC(C=O)C2)cc1-c1cnc2c(N3CCN(C)CC3)cccc2n1. The van der Waals surface area contributed by atoms with E-state index in [9.17, 15) is 4.79 Å². The first kappa shape index (κ1) is 18.2. The molecule has 7 heteroatoms. The first-order valence-electron chi connectivity index (χ1n) is 10.3. The molecule has 29 heavy (non-hydrogen) atoms. The molecule has 2 aromatic heterocycles. The van der Waals surface area contributed by atoms with Crippen LogP contribution in [-0.2, 0) is 4.79 Å². The van der Waals surface area contributed by atoms with Crippen molar-refractivity contribution in [3.05, 3.63) is 36.3 Å². The molecule has 3 aromatic rings. The zero-order chi connectivity index (χ0) is 20.0. The van der Waals surface area contributed by atoms with Crippen molar-refractivity contribution in [1.82, 2.24) is 24.6 Å². The molecule has 0 amide bonds. The van der Waals surface area contributed by atoms with Crippen molar-refractivity contribution in [3.8, 4) is 11.3 Å². The Morgan fingerprint density at radius 3 is 2.69 bits per heavy atom. The topological polar surface area (TPSA) is 67.2 Å². The van der Waals surface area contributed by atoms with Gasteiger partial charge in [0.2, 0.25) is 0 Å². The fourth-order valence-electron chi connectivity index (χ4n) is 4.34. The van der Waals surface area contributed by atoms with Crippen LogP contribution in [0.1, 0.15) is 24.6 Å². The molecule has 5 rings (SSSR count). The maximum atomic E-state index is 10.9. The van der Waals surface area contributed by atoms with Gasteiger partial charge in [0.15, 0.2) is 0 Å². The number of likely N-dealkylation sites (N-methyl/N-ethyl adjacent to an activating group) is 1. The lowest BCUT2D eigenvalue weighted by Gasteiger charge is -2.34. The van der Waals surface area contributed by atoms with Crippen LogP contribution in [0.2, 0.25) is 0 Å². The fourth-order valence-corrected chi connectivity index (χ4v) is 4.34. The highest BCUT2D eigenvalue weighted by Crippen LogP contribution is 2.37. The fraction of sp³-hybridized carbons (Fsp3) is 0.455. The molecule has 1 aliphatic heterocycles. The standard InChI is InChI=1S/C22H26N6O/c1-15-18(13-28(25-15)17-10-16(11-17)14-29)20-12-23-22-19(24-20)4-3-5-21(22)27-8-6-26(2)7-9-27/h3-5,12-14,16-17H,6-11H2,1-2H3. The van der Waals surface area contributed by atoms with Crippen molar-refractivity contribution in [2.75, 3.05) is 38.1 Å². The Hall–Kier alpha value is -2.80. The van der Waals surface area contributed by atoms with Crippen molar-refractivity contribution in [1.29, 1.82) is 0 Å². The van der Waals surface area contributed by atoms with E-state index >= 15 is 0 Å². The molecule has 150 valence electrons. The summed E-state index contributed by atoms with van der Waals surface area (Å²) in [5.41, 5.74) is 5.84. The third-order valence-electron chi connectivity index (χ3n) is 6.30. The summed E-state index contributed by atoms with van der Waals surface area (Å²) < 4.78 is 2.00. The van der Waals surface area contributed by atoms with Gasteiger partial charge in [0.1, 0.15) is 11.8 Å². The maximum Gasteiger partial charge on any atom is 0.123 e. The third kappa shape index (κ3) is 3.29. The minimum Gasteiger partial charge on any atom is -0.367 e. The van der Waals surface area contributed by atoms with Crippen LogP contribution < -0.4 is 4.90 Å². The number of hydrogen-bond acceptors (Lipinski definition) is 6. The number of para-hydroxylation sites is 1. The second-order valence-corrected chi connectivity index (χ2v) is 8.32. The van der Waals surface area contributed by atoms with E-state index in [2.05, 4.69) is 40.3 Å². The summed E-state index contributed by atoms with van der Waals surface area (Å²) in [5.74, 6) is 0.182. The number of rotatable bonds is 4. The monoisotopic (exact) mass is 390 g/mol. The molecular weight excluding hydrogens is 364 g/mol. The number of aldehydes is 1. The van der Waals surface area contributed by atoms with Gasteiger partial charge in [-0.2, -0.15) is 5.10 Å². The van der Waals surface area contributed by atoms with E-state index < -0.39 is 0 Å². The zero-order valence-electron chi connectivity index (χ0n) is 17.0. The van der Waals surface area contributed by atoms with Gasteiger partial charge in [-0.15, -0.1) is 0 Å². The van der Waals surface area contributed by atoms with Gasteiger partial charge in [-0.25, -0.2) is 4.98 Å². The zero-order valence-corrected chi connectivity index (χ0v) is 17.0. The van der Waals surface area contributed by atoms with E-state index in [-0.39, 0.29) is 5.92 Å². The molecule has 0 radical (unpaired) electrons. The molecular formula is C22H26N6O. The molecule has 3 heterocycles. The second-order valence-electron chi connectivity index (χ2n) is 8.32. The van der Waals surface area contributed by atoms with Crippen LogP contribution in [0.25, 0.3) is 22.3 Å². The number of carbonyl (C=O) groups excluding carboxylic acids is 1. The highest BCUT2D eigenvalue weighted by molar-refractivity contribution is 5.89. The van der Waals surface area contributed by atoms with Crippen molar-refractivity contribution in [2.24, 2.45) is 5.92 Å². The summed E-state index contributed by atoms with van der Waals surface area (Å²) in [6.07, 6.45) is 6.73. The lowest BCUT2D eigenvalue weighted by Crippen LogP contribution is -2.44. The molecule has 0 spiro atoms. The number of anilines is 1. The molecule has 0 atom stereocenters. The van der Waals surface area contributed by atoms with E-state index in [4.69, 9.17) is 9.97 Å². The van der Waals surface area contributed by atoms with Gasteiger partial charge >= 0.3 is 0 Å². The highest BCUT2D eigenvalue weighted by atomic mass is 16.1. The van der Waals surface area contributed by atoms with Gasteiger partial charge in [0.25, 0.3) is 0 Å². The molecule has 7 nitrogen and oxygen atoms in total. The Morgan fingerprint density at radius 2 is 1.93 bits per heavy atom. The van der Waals surface area contributed by atoms with Gasteiger partial charge in [-0.05, 0) is 38.9 Å². The minimum atomic E-state index is 0.182. The van der Waals surface area contributed by atoms with Gasteiger partial charge in [0.05, 0.1) is 34.8 Å². The smallest absolute Gasteiger partial charge is 0.123 e. The molecule has 1 aromatic carbocycles. The molecule has 0 bridgehead atoms. The molecule has 2 fully saturated rings. The van der Waals surface area contributed by atoms with Crippen LogP contribution >= 0.6 is 0 Å². The van der Waals surface area contributed by atoms with Crippen LogP contribution in [-0.4, -0.2) is 64.2 Å². The number of nitrogens with zero attached hydrogens (tertiary/aromatic N) is 6. The van der Waals surface area contributed by atoms with E-state index in [0.717, 1.165) is 79.0 Å². The summed E-state index contributed by atoms with van der Waals surface area (Å²) in [6.45, 7) is 6.15. The highest BCUT2D eigenvalue weighted by Gasteiger charge is 2.31.